The van der Waals surface area contributed by atoms with Crippen LogP contribution in [0.2, 0.25) is 5.02 Å². The van der Waals surface area contributed by atoms with E-state index < -0.39 is 35.0 Å². The van der Waals surface area contributed by atoms with Crippen LogP contribution in [0.5, 0.6) is 0 Å². The van der Waals surface area contributed by atoms with Crippen molar-refractivity contribution in [1.29, 1.82) is 0 Å². The van der Waals surface area contributed by atoms with Gasteiger partial charge in [-0.3, -0.25) is 9.78 Å². The molecule has 0 radical (unpaired) electrons. The lowest BCUT2D eigenvalue weighted by Crippen LogP contribution is -2.28. The van der Waals surface area contributed by atoms with Crippen molar-refractivity contribution < 1.29 is 40.3 Å². The van der Waals surface area contributed by atoms with E-state index in [1.54, 1.807) is 0 Å². The minimum atomic E-state index is -4.69. The number of hydrogen-bond acceptors (Lipinski definition) is 2. The minimum absolute atomic E-state index is 0.0447. The summed E-state index contributed by atoms with van der Waals surface area (Å²) in [6, 6.07) is 4.96. The van der Waals surface area contributed by atoms with Gasteiger partial charge in [0.2, 0.25) is 0 Å². The van der Waals surface area contributed by atoms with Gasteiger partial charge < -0.3 is 5.32 Å². The Hall–Kier alpha value is -2.43. The molecule has 0 aliphatic carbocycles. The van der Waals surface area contributed by atoms with E-state index in [0.29, 0.717) is 12.3 Å². The first kappa shape index (κ1) is 23.6. The number of carbonyl (C=O) groups is 1. The average Bonchev–Trinajstić information content (AvgIpc) is 2.63. The van der Waals surface area contributed by atoms with Crippen LogP contribution in [0.3, 0.4) is 0 Å². The van der Waals surface area contributed by atoms with Crippen LogP contribution in [0.1, 0.15) is 27.2 Å². The highest BCUT2D eigenvalue weighted by molar-refractivity contribution is 6.31. The zero-order chi connectivity index (χ0) is 21.5. The van der Waals surface area contributed by atoms with Gasteiger partial charge in [-0.25, -0.2) is 0 Å². The zero-order valence-corrected chi connectivity index (χ0v) is 14.4. The lowest BCUT2D eigenvalue weighted by molar-refractivity contribution is -0.138. The van der Waals surface area contributed by atoms with Crippen molar-refractivity contribution in [1.82, 2.24) is 10.3 Å². The third kappa shape index (κ3) is 6.32. The second-order valence-corrected chi connectivity index (χ2v) is 5.61. The van der Waals surface area contributed by atoms with Crippen molar-refractivity contribution in [3.8, 4) is 0 Å². The maximum absolute atomic E-state index is 12.9. The number of carbonyl (C=O) groups excluding carboxylic acids is 1. The van der Waals surface area contributed by atoms with Gasteiger partial charge in [-0.1, -0.05) is 23.7 Å². The largest absolute Gasteiger partial charge is 0.417 e. The van der Waals surface area contributed by atoms with E-state index in [1.807, 2.05) is 0 Å². The monoisotopic (exact) mass is 434 g/mol. The molecule has 1 heterocycles. The number of pyridine rings is 1. The number of nitrogens with one attached hydrogen (secondary N) is 1. The molecule has 1 aromatic heterocycles. The van der Waals surface area contributed by atoms with Crippen molar-refractivity contribution in [2.24, 2.45) is 0 Å². The first-order valence-corrected chi connectivity index (χ1v) is 7.68. The number of alkyl halides is 6. The molecule has 0 saturated heterocycles. The van der Waals surface area contributed by atoms with Gasteiger partial charge in [0.15, 0.2) is 0 Å². The molecule has 2 rings (SSSR count). The summed E-state index contributed by atoms with van der Waals surface area (Å²) in [5.41, 5.74) is -2.56. The molecule has 0 atom stereocenters. The van der Waals surface area contributed by atoms with E-state index in [2.05, 4.69) is 10.3 Å². The van der Waals surface area contributed by atoms with Crippen LogP contribution in [-0.2, 0) is 18.8 Å². The molecule has 0 bridgehead atoms. The zero-order valence-electron chi connectivity index (χ0n) is 13.6. The van der Waals surface area contributed by atoms with Gasteiger partial charge in [0.1, 0.15) is 0 Å². The predicted molar refractivity (Wildman–Crippen MR) is 83.9 cm³/mol. The Morgan fingerprint density at radius 1 is 1.04 bits per heavy atom. The van der Waals surface area contributed by atoms with Crippen LogP contribution in [0, 0.1) is 0 Å². The maximum Gasteiger partial charge on any atom is 0.417 e. The van der Waals surface area contributed by atoms with Crippen LogP contribution in [-0.4, -0.2) is 17.4 Å². The van der Waals surface area contributed by atoms with Gasteiger partial charge in [0, 0.05) is 28.3 Å². The molecule has 0 saturated carbocycles. The lowest BCUT2D eigenvalue weighted by atomic mass is 10.1. The molecule has 2 aromatic rings. The van der Waals surface area contributed by atoms with E-state index in [4.69, 9.17) is 20.7 Å². The Kier molecular flexibility index (Phi) is 8.15. The Labute approximate surface area is 158 Å². The molecule has 1 N–H and O–H groups in total. The quantitative estimate of drug-likeness (QED) is 0.638. The Balaban J connectivity index is 0.00000190. The van der Waals surface area contributed by atoms with Crippen molar-refractivity contribution >= 4 is 17.5 Å². The van der Waals surface area contributed by atoms with Gasteiger partial charge >= 0.3 is 12.4 Å². The molecule has 28 heavy (non-hydrogen) atoms. The third-order valence-corrected chi connectivity index (χ3v) is 3.70. The number of nitrogens with zero attached hydrogens (tertiary/aromatic N) is 1. The number of rotatable bonds is 4. The molecular formula is C16H11ClF8N2O. The predicted octanol–water partition coefficient (Wildman–Crippen LogP) is 5.59. The smallest absolute Gasteiger partial charge is 0.352 e. The number of aromatic nitrogens is 1. The second-order valence-electron chi connectivity index (χ2n) is 5.20. The van der Waals surface area contributed by atoms with E-state index in [9.17, 15) is 31.1 Å². The molecule has 1 amide bonds. The van der Waals surface area contributed by atoms with Crippen molar-refractivity contribution in [3.05, 3.63) is 63.9 Å². The van der Waals surface area contributed by atoms with Crippen molar-refractivity contribution in [3.63, 3.8) is 0 Å². The fourth-order valence-corrected chi connectivity index (χ4v) is 2.38. The van der Waals surface area contributed by atoms with Gasteiger partial charge in [-0.15, -0.1) is 0 Å². The summed E-state index contributed by atoms with van der Waals surface area (Å²) in [6.07, 6.45) is -8.73. The average molecular weight is 435 g/mol. The minimum Gasteiger partial charge on any atom is -0.352 e. The van der Waals surface area contributed by atoms with E-state index in [0.717, 1.165) is 18.2 Å². The highest BCUT2D eigenvalue weighted by atomic mass is 35.5. The normalized spacial score (nSPS) is 11.5. The summed E-state index contributed by atoms with van der Waals surface area (Å²) in [5.74, 6) is -0.957. The molecule has 0 aliphatic rings. The number of hydrogen-bond donors (Lipinski definition) is 1. The molecule has 0 unspecified atom stereocenters. The van der Waals surface area contributed by atoms with Crippen molar-refractivity contribution in [2.45, 2.75) is 18.8 Å². The van der Waals surface area contributed by atoms with Crippen LogP contribution < -0.4 is 5.32 Å². The highest BCUT2D eigenvalue weighted by Gasteiger charge is 2.35. The molecule has 0 fully saturated rings. The molecule has 3 nitrogen and oxygen atoms in total. The Morgan fingerprint density at radius 3 is 2.18 bits per heavy atom. The van der Waals surface area contributed by atoms with Crippen LogP contribution in [0.25, 0.3) is 0 Å². The highest BCUT2D eigenvalue weighted by Crippen LogP contribution is 2.32. The maximum atomic E-state index is 12.9. The van der Waals surface area contributed by atoms with Gasteiger partial charge in [0.25, 0.3) is 5.91 Å². The first-order chi connectivity index (χ1) is 13.0. The Bertz CT molecular complexity index is 808. The van der Waals surface area contributed by atoms with E-state index in [-0.39, 0.29) is 23.7 Å². The van der Waals surface area contributed by atoms with Gasteiger partial charge in [-0.05, 0) is 18.2 Å². The number of halogens is 9. The van der Waals surface area contributed by atoms with Gasteiger partial charge in [0.05, 0.1) is 27.4 Å². The topological polar surface area (TPSA) is 42.0 Å². The van der Waals surface area contributed by atoms with Crippen LogP contribution >= 0.6 is 11.6 Å². The van der Waals surface area contributed by atoms with E-state index >= 15 is 0 Å². The second kappa shape index (κ2) is 9.67. The Morgan fingerprint density at radius 2 is 1.64 bits per heavy atom. The molecule has 12 heteroatoms. The summed E-state index contributed by atoms with van der Waals surface area (Å²) in [4.78, 5) is 15.5. The fourth-order valence-electron chi connectivity index (χ4n) is 2.12. The SMILES string of the molecule is FF.O=C(NCCc1ncc(C(F)(F)F)cc1Cl)c1ccccc1C(F)(F)F. The van der Waals surface area contributed by atoms with E-state index in [1.165, 1.54) is 6.07 Å². The first-order valence-electron chi connectivity index (χ1n) is 7.30. The summed E-state index contributed by atoms with van der Waals surface area (Å²) < 4.78 is 92.2. The fraction of sp³-hybridized carbons (Fsp3) is 0.250. The molecule has 1 aromatic carbocycles. The summed E-state index contributed by atoms with van der Waals surface area (Å²) >= 11 is 5.73. The summed E-state index contributed by atoms with van der Waals surface area (Å²) in [5, 5.41) is 2.03. The lowest BCUT2D eigenvalue weighted by Gasteiger charge is -2.13. The molecule has 0 aliphatic heterocycles. The summed E-state index contributed by atoms with van der Waals surface area (Å²) in [7, 11) is 0. The number of amides is 1. The molecule has 0 spiro atoms. The van der Waals surface area contributed by atoms with Crippen LogP contribution in [0.4, 0.5) is 35.5 Å². The standard InChI is InChI=1S/C16H11ClF6N2O.F2/c17-12-7-9(15(18,19)20)8-25-13(12)5-6-24-14(26)10-3-1-2-4-11(10)16(21,22)23;1-2/h1-4,7-8H,5-6H2,(H,24,26);. The number of benzene rings is 1. The van der Waals surface area contributed by atoms with Crippen LogP contribution in [0.15, 0.2) is 36.5 Å². The van der Waals surface area contributed by atoms with Crippen molar-refractivity contribution in [2.75, 3.05) is 6.54 Å². The molecule has 154 valence electrons. The third-order valence-electron chi connectivity index (χ3n) is 3.37. The summed E-state index contributed by atoms with van der Waals surface area (Å²) in [6.45, 7) is -0.150. The van der Waals surface area contributed by atoms with Gasteiger partial charge in [-0.2, -0.15) is 26.3 Å². The molecular weight excluding hydrogens is 424 g/mol.